The van der Waals surface area contributed by atoms with E-state index in [4.69, 9.17) is 4.74 Å². The van der Waals surface area contributed by atoms with Gasteiger partial charge in [-0.2, -0.15) is 0 Å². The number of ether oxygens (including phenoxy) is 1. The summed E-state index contributed by atoms with van der Waals surface area (Å²) in [7, 11) is 0. The highest BCUT2D eigenvalue weighted by Crippen LogP contribution is 2.33. The van der Waals surface area contributed by atoms with E-state index in [1.807, 2.05) is 6.92 Å². The van der Waals surface area contributed by atoms with Gasteiger partial charge in [-0.15, -0.1) is 0 Å². The third-order valence-electron chi connectivity index (χ3n) is 3.45. The van der Waals surface area contributed by atoms with Crippen LogP contribution in [0.25, 0.3) is 11.1 Å². The molecule has 0 atom stereocenters. The molecule has 0 bridgehead atoms. The molecule has 1 aliphatic rings. The largest absolute Gasteiger partial charge is 0.494 e. The highest BCUT2D eigenvalue weighted by atomic mass is 16.5. The van der Waals surface area contributed by atoms with Crippen molar-refractivity contribution in [2.45, 2.75) is 19.8 Å². The Morgan fingerprint density at radius 1 is 1.06 bits per heavy atom. The van der Waals surface area contributed by atoms with Gasteiger partial charge in [0.15, 0.2) is 0 Å². The van der Waals surface area contributed by atoms with Crippen LogP contribution in [0.5, 0.6) is 5.75 Å². The zero-order valence-electron chi connectivity index (χ0n) is 10.6. The van der Waals surface area contributed by atoms with Crippen molar-refractivity contribution in [3.8, 4) is 16.9 Å². The number of hydrogen-bond acceptors (Lipinski definition) is 1. The second kappa shape index (κ2) is 4.85. The summed E-state index contributed by atoms with van der Waals surface area (Å²) in [5.74, 6) is 0.945. The quantitative estimate of drug-likeness (QED) is 0.775. The summed E-state index contributed by atoms with van der Waals surface area (Å²) >= 11 is 0. The van der Waals surface area contributed by atoms with Crippen LogP contribution in [0.4, 0.5) is 0 Å². The first-order valence-corrected chi connectivity index (χ1v) is 6.57. The fourth-order valence-electron chi connectivity index (χ4n) is 2.61. The molecule has 1 aliphatic carbocycles. The Hall–Kier alpha value is -1.76. The zero-order chi connectivity index (χ0) is 12.4. The first-order valence-electron chi connectivity index (χ1n) is 6.57. The van der Waals surface area contributed by atoms with Crippen LogP contribution in [0.15, 0.2) is 42.5 Å². The fourth-order valence-corrected chi connectivity index (χ4v) is 2.61. The minimum atomic E-state index is 0.717. The maximum atomic E-state index is 5.48. The van der Waals surface area contributed by atoms with Crippen molar-refractivity contribution in [1.82, 2.24) is 0 Å². The summed E-state index contributed by atoms with van der Waals surface area (Å²) in [6, 6.07) is 15.0. The molecule has 0 N–H and O–H groups in total. The lowest BCUT2D eigenvalue weighted by Crippen LogP contribution is -1.91. The summed E-state index contributed by atoms with van der Waals surface area (Å²) in [6.45, 7) is 2.73. The van der Waals surface area contributed by atoms with E-state index in [1.54, 1.807) is 0 Å². The third-order valence-corrected chi connectivity index (χ3v) is 3.45. The zero-order valence-corrected chi connectivity index (χ0v) is 10.6. The van der Waals surface area contributed by atoms with Crippen LogP contribution >= 0.6 is 0 Å². The molecule has 0 saturated carbocycles. The molecule has 0 saturated heterocycles. The van der Waals surface area contributed by atoms with Gasteiger partial charge in [0.1, 0.15) is 5.75 Å². The predicted octanol–water partition coefficient (Wildman–Crippen LogP) is 4.25. The van der Waals surface area contributed by atoms with E-state index >= 15 is 0 Å². The van der Waals surface area contributed by atoms with Crippen molar-refractivity contribution >= 4 is 0 Å². The average Bonchev–Trinajstić information content (AvgIpc) is 2.88. The molecule has 0 unspecified atom stereocenters. The number of fused-ring (bicyclic) bond motifs is 1. The smallest absolute Gasteiger partial charge is 0.119 e. The lowest BCUT2D eigenvalue weighted by molar-refractivity contribution is 0.340. The van der Waals surface area contributed by atoms with Crippen molar-refractivity contribution in [2.24, 2.45) is 0 Å². The van der Waals surface area contributed by atoms with Crippen molar-refractivity contribution in [3.05, 3.63) is 60.0 Å². The van der Waals surface area contributed by atoms with Crippen molar-refractivity contribution in [1.29, 1.82) is 0 Å². The molecule has 0 aromatic heterocycles. The van der Waals surface area contributed by atoms with Gasteiger partial charge in [-0.05, 0) is 60.6 Å². The maximum Gasteiger partial charge on any atom is 0.119 e. The van der Waals surface area contributed by atoms with Gasteiger partial charge in [0.25, 0.3) is 0 Å². The number of hydrogen-bond donors (Lipinski definition) is 0. The summed E-state index contributed by atoms with van der Waals surface area (Å²) in [5, 5.41) is 0. The molecule has 2 aromatic carbocycles. The second-order valence-corrected chi connectivity index (χ2v) is 4.57. The molecule has 0 aliphatic heterocycles. The number of benzene rings is 2. The third kappa shape index (κ3) is 2.01. The molecule has 18 heavy (non-hydrogen) atoms. The van der Waals surface area contributed by atoms with E-state index in [9.17, 15) is 0 Å². The molecule has 1 radical (unpaired) electrons. The summed E-state index contributed by atoms with van der Waals surface area (Å²) in [4.78, 5) is 0. The van der Waals surface area contributed by atoms with E-state index in [-0.39, 0.29) is 0 Å². The van der Waals surface area contributed by atoms with Crippen LogP contribution in [-0.2, 0) is 6.42 Å². The molecule has 2 aromatic rings. The van der Waals surface area contributed by atoms with Gasteiger partial charge in [-0.25, -0.2) is 0 Å². The number of rotatable bonds is 3. The summed E-state index contributed by atoms with van der Waals surface area (Å²) in [5.41, 5.74) is 5.54. The van der Waals surface area contributed by atoms with Gasteiger partial charge in [0, 0.05) is 0 Å². The van der Waals surface area contributed by atoms with E-state index in [0.717, 1.165) is 12.4 Å². The first-order chi connectivity index (χ1) is 8.88. The van der Waals surface area contributed by atoms with Crippen LogP contribution in [0.2, 0.25) is 0 Å². The minimum absolute atomic E-state index is 0.717. The molecule has 3 rings (SSSR count). The van der Waals surface area contributed by atoms with Gasteiger partial charge < -0.3 is 4.74 Å². The Labute approximate surface area is 108 Å². The first kappa shape index (κ1) is 11.3. The van der Waals surface area contributed by atoms with E-state index < -0.39 is 0 Å². The van der Waals surface area contributed by atoms with Gasteiger partial charge in [-0.3, -0.25) is 0 Å². The van der Waals surface area contributed by atoms with Gasteiger partial charge >= 0.3 is 0 Å². The molecule has 91 valence electrons. The molecule has 0 fully saturated rings. The molecule has 0 spiro atoms. The average molecular weight is 237 g/mol. The SMILES string of the molecule is CCOc1ccc(-c2cccc3c2CC[CH]3)cc1. The lowest BCUT2D eigenvalue weighted by Gasteiger charge is -2.09. The topological polar surface area (TPSA) is 9.23 Å². The van der Waals surface area contributed by atoms with Crippen molar-refractivity contribution in [2.75, 3.05) is 6.61 Å². The highest BCUT2D eigenvalue weighted by molar-refractivity contribution is 5.71. The minimum Gasteiger partial charge on any atom is -0.494 e. The summed E-state index contributed by atoms with van der Waals surface area (Å²) < 4.78 is 5.48. The highest BCUT2D eigenvalue weighted by Gasteiger charge is 2.15. The predicted molar refractivity (Wildman–Crippen MR) is 74.8 cm³/mol. The van der Waals surface area contributed by atoms with Gasteiger partial charge in [0.2, 0.25) is 0 Å². The van der Waals surface area contributed by atoms with Crippen LogP contribution < -0.4 is 4.74 Å². The van der Waals surface area contributed by atoms with Gasteiger partial charge in [0.05, 0.1) is 6.61 Å². The monoisotopic (exact) mass is 237 g/mol. The normalized spacial score (nSPS) is 13.4. The van der Waals surface area contributed by atoms with E-state index in [0.29, 0.717) is 0 Å². The molecule has 0 heterocycles. The van der Waals surface area contributed by atoms with E-state index in [2.05, 4.69) is 48.9 Å². The molecule has 1 heteroatoms. The van der Waals surface area contributed by atoms with Crippen molar-refractivity contribution in [3.63, 3.8) is 0 Å². The Morgan fingerprint density at radius 3 is 2.67 bits per heavy atom. The van der Waals surface area contributed by atoms with Crippen LogP contribution in [0.3, 0.4) is 0 Å². The van der Waals surface area contributed by atoms with Gasteiger partial charge in [-0.1, -0.05) is 30.3 Å². The van der Waals surface area contributed by atoms with Crippen molar-refractivity contribution < 1.29 is 4.74 Å². The maximum absolute atomic E-state index is 5.48. The Balaban J connectivity index is 1.97. The van der Waals surface area contributed by atoms with Crippen LogP contribution in [-0.4, -0.2) is 6.61 Å². The lowest BCUT2D eigenvalue weighted by atomic mass is 9.97. The molecule has 0 amide bonds. The summed E-state index contributed by atoms with van der Waals surface area (Å²) in [6.07, 6.45) is 4.66. The Morgan fingerprint density at radius 2 is 1.89 bits per heavy atom. The van der Waals surface area contributed by atoms with Crippen LogP contribution in [0, 0.1) is 6.42 Å². The van der Waals surface area contributed by atoms with E-state index in [1.165, 1.54) is 35.1 Å². The molecular formula is C17H17O. The molecule has 1 nitrogen and oxygen atoms in total. The Kier molecular flexibility index (Phi) is 3.06. The van der Waals surface area contributed by atoms with Crippen LogP contribution in [0.1, 0.15) is 24.5 Å². The standard InChI is InChI=1S/C17H17O/c1-2-18-15-11-9-14(10-12-15)17-8-4-6-13-5-3-7-16(13)17/h4-6,8-12H,2-3,7H2,1H3. The fraction of sp³-hybridized carbons (Fsp3) is 0.235. The second-order valence-electron chi connectivity index (χ2n) is 4.57. The Bertz CT molecular complexity index is 540. The molecular weight excluding hydrogens is 220 g/mol.